The molecule has 0 aromatic heterocycles. The van der Waals surface area contributed by atoms with Gasteiger partial charge in [-0.05, 0) is 41.2 Å². The van der Waals surface area contributed by atoms with Crippen molar-refractivity contribution in [2.45, 2.75) is 37.0 Å². The van der Waals surface area contributed by atoms with Crippen LogP contribution in [0.2, 0.25) is 0 Å². The predicted molar refractivity (Wildman–Crippen MR) is 115 cm³/mol. The van der Waals surface area contributed by atoms with Gasteiger partial charge >= 0.3 is 0 Å². The first-order valence-electron chi connectivity index (χ1n) is 9.67. The molecule has 0 saturated carbocycles. The zero-order valence-corrected chi connectivity index (χ0v) is 17.2. The molecular formula is C24H27NO2S. The van der Waals surface area contributed by atoms with Crippen LogP contribution in [0.15, 0.2) is 89.8 Å². The van der Waals surface area contributed by atoms with E-state index in [0.717, 1.165) is 5.56 Å². The Bertz CT molecular complexity index is 927. The fourth-order valence-electron chi connectivity index (χ4n) is 3.35. The number of sulfonamides is 1. The van der Waals surface area contributed by atoms with Crippen LogP contribution in [0.1, 0.15) is 48.8 Å². The van der Waals surface area contributed by atoms with Crippen LogP contribution < -0.4 is 4.72 Å². The molecule has 4 heteroatoms. The Balaban J connectivity index is 1.71. The van der Waals surface area contributed by atoms with Gasteiger partial charge in [0, 0.05) is 12.5 Å². The number of nitrogens with one attached hydrogen (secondary N) is 1. The van der Waals surface area contributed by atoms with Crippen molar-refractivity contribution >= 4 is 10.0 Å². The van der Waals surface area contributed by atoms with Crippen LogP contribution in [0.4, 0.5) is 0 Å². The van der Waals surface area contributed by atoms with Gasteiger partial charge in [-0.3, -0.25) is 0 Å². The smallest absolute Gasteiger partial charge is 0.211 e. The summed E-state index contributed by atoms with van der Waals surface area (Å²) < 4.78 is 28.1. The van der Waals surface area contributed by atoms with E-state index >= 15 is 0 Å². The summed E-state index contributed by atoms with van der Waals surface area (Å²) >= 11 is 0. The second kappa shape index (κ2) is 9.18. The van der Waals surface area contributed by atoms with E-state index < -0.39 is 10.0 Å². The summed E-state index contributed by atoms with van der Waals surface area (Å²) in [5.74, 6) is 0.524. The van der Waals surface area contributed by atoms with E-state index in [-0.39, 0.29) is 5.92 Å². The van der Waals surface area contributed by atoms with Gasteiger partial charge in [-0.25, -0.2) is 13.1 Å². The molecule has 3 aromatic carbocycles. The maximum absolute atomic E-state index is 12.7. The molecule has 0 aliphatic heterocycles. The average molecular weight is 394 g/mol. The van der Waals surface area contributed by atoms with Crippen molar-refractivity contribution in [1.29, 1.82) is 0 Å². The minimum atomic E-state index is -3.51. The molecule has 0 bridgehead atoms. The van der Waals surface area contributed by atoms with Gasteiger partial charge in [-0.2, -0.15) is 0 Å². The van der Waals surface area contributed by atoms with Gasteiger partial charge in [0.2, 0.25) is 10.0 Å². The fourth-order valence-corrected chi connectivity index (χ4v) is 4.40. The largest absolute Gasteiger partial charge is 0.240 e. The van der Waals surface area contributed by atoms with Crippen LogP contribution >= 0.6 is 0 Å². The highest BCUT2D eigenvalue weighted by atomic mass is 32.2. The molecule has 0 aliphatic rings. The van der Waals surface area contributed by atoms with Crippen LogP contribution in [0, 0.1) is 0 Å². The normalized spacial score (nSPS) is 11.9. The quantitative estimate of drug-likeness (QED) is 0.564. The third-order valence-corrected chi connectivity index (χ3v) is 6.46. The zero-order valence-electron chi connectivity index (χ0n) is 16.4. The van der Waals surface area contributed by atoms with Gasteiger partial charge in [-0.1, -0.05) is 86.6 Å². The van der Waals surface area contributed by atoms with Gasteiger partial charge < -0.3 is 0 Å². The monoisotopic (exact) mass is 393 g/mol. The molecule has 146 valence electrons. The van der Waals surface area contributed by atoms with E-state index in [2.05, 4.69) is 42.8 Å². The van der Waals surface area contributed by atoms with Crippen LogP contribution in [0.3, 0.4) is 0 Å². The summed E-state index contributed by atoms with van der Waals surface area (Å²) in [6.07, 6.45) is 0.692. The molecule has 0 aliphatic carbocycles. The Hall–Kier alpha value is -2.43. The van der Waals surface area contributed by atoms with E-state index in [1.807, 2.05) is 48.5 Å². The van der Waals surface area contributed by atoms with Gasteiger partial charge in [0.1, 0.15) is 0 Å². The zero-order chi connectivity index (χ0) is 20.0. The van der Waals surface area contributed by atoms with Crippen LogP contribution in [0.25, 0.3) is 0 Å². The molecule has 3 nitrogen and oxygen atoms in total. The summed E-state index contributed by atoms with van der Waals surface area (Å²) in [5.41, 5.74) is 3.51. The van der Waals surface area contributed by atoms with Crippen molar-refractivity contribution in [3.63, 3.8) is 0 Å². The fraction of sp³-hybridized carbons (Fsp3) is 0.250. The maximum atomic E-state index is 12.7. The Morgan fingerprint density at radius 3 is 1.68 bits per heavy atom. The topological polar surface area (TPSA) is 46.2 Å². The second-order valence-corrected chi connectivity index (χ2v) is 9.05. The molecule has 0 unspecified atom stereocenters. The SMILES string of the molecule is CC(C)c1ccc(S(=O)(=O)NCCC(c2ccccc2)c2ccccc2)cc1. The van der Waals surface area contributed by atoms with Crippen LogP contribution in [0.5, 0.6) is 0 Å². The minimum absolute atomic E-state index is 0.147. The molecule has 3 rings (SSSR count). The maximum Gasteiger partial charge on any atom is 0.240 e. The highest BCUT2D eigenvalue weighted by Crippen LogP contribution is 2.27. The minimum Gasteiger partial charge on any atom is -0.211 e. The summed E-state index contributed by atoms with van der Waals surface area (Å²) in [6.45, 7) is 4.56. The number of hydrogen-bond acceptors (Lipinski definition) is 2. The van der Waals surface area contributed by atoms with E-state index in [9.17, 15) is 8.42 Å². The lowest BCUT2D eigenvalue weighted by Crippen LogP contribution is -2.26. The lowest BCUT2D eigenvalue weighted by molar-refractivity contribution is 0.575. The van der Waals surface area contributed by atoms with Crippen molar-refractivity contribution < 1.29 is 8.42 Å². The molecule has 28 heavy (non-hydrogen) atoms. The average Bonchev–Trinajstić information content (AvgIpc) is 2.72. The molecule has 0 saturated heterocycles. The standard InChI is InChI=1S/C24H27NO2S/c1-19(2)20-13-15-23(16-14-20)28(26,27)25-18-17-24(21-9-5-3-6-10-21)22-11-7-4-8-12-22/h3-16,19,24-25H,17-18H2,1-2H3. The molecule has 3 aromatic rings. The Morgan fingerprint density at radius 2 is 1.21 bits per heavy atom. The highest BCUT2D eigenvalue weighted by molar-refractivity contribution is 7.89. The summed E-state index contributed by atoms with van der Waals surface area (Å²) in [6, 6.07) is 27.6. The predicted octanol–water partition coefficient (Wildman–Crippen LogP) is 5.31. The molecule has 0 heterocycles. The van der Waals surface area contributed by atoms with E-state index in [1.54, 1.807) is 12.1 Å². The molecular weight excluding hydrogens is 366 g/mol. The van der Waals surface area contributed by atoms with Crippen molar-refractivity contribution in [1.82, 2.24) is 4.72 Å². The van der Waals surface area contributed by atoms with Crippen molar-refractivity contribution in [2.24, 2.45) is 0 Å². The summed E-state index contributed by atoms with van der Waals surface area (Å²) in [5, 5.41) is 0. The number of hydrogen-bond donors (Lipinski definition) is 1. The van der Waals surface area contributed by atoms with E-state index in [0.29, 0.717) is 23.8 Å². The Kier molecular flexibility index (Phi) is 6.65. The third kappa shape index (κ3) is 5.09. The van der Waals surface area contributed by atoms with E-state index in [1.165, 1.54) is 11.1 Å². The molecule has 0 amide bonds. The van der Waals surface area contributed by atoms with Crippen LogP contribution in [-0.2, 0) is 10.0 Å². The third-order valence-electron chi connectivity index (χ3n) is 4.99. The number of rotatable bonds is 8. The van der Waals surface area contributed by atoms with Crippen molar-refractivity contribution in [3.05, 3.63) is 102 Å². The van der Waals surface area contributed by atoms with Crippen LogP contribution in [-0.4, -0.2) is 15.0 Å². The van der Waals surface area contributed by atoms with Gasteiger partial charge in [0.25, 0.3) is 0 Å². The highest BCUT2D eigenvalue weighted by Gasteiger charge is 2.17. The molecule has 0 radical (unpaired) electrons. The summed E-state index contributed by atoms with van der Waals surface area (Å²) in [4.78, 5) is 0.313. The van der Waals surface area contributed by atoms with Gasteiger partial charge in [-0.15, -0.1) is 0 Å². The Morgan fingerprint density at radius 1 is 0.714 bits per heavy atom. The van der Waals surface area contributed by atoms with Crippen molar-refractivity contribution in [3.8, 4) is 0 Å². The van der Waals surface area contributed by atoms with Gasteiger partial charge in [0.15, 0.2) is 0 Å². The lowest BCUT2D eigenvalue weighted by atomic mass is 9.89. The summed E-state index contributed by atoms with van der Waals surface area (Å²) in [7, 11) is -3.51. The first-order valence-corrected chi connectivity index (χ1v) is 11.2. The first kappa shape index (κ1) is 20.3. The first-order chi connectivity index (χ1) is 13.5. The van der Waals surface area contributed by atoms with Gasteiger partial charge in [0.05, 0.1) is 4.90 Å². The molecule has 0 fully saturated rings. The Labute approximate surface area is 168 Å². The molecule has 1 N–H and O–H groups in total. The second-order valence-electron chi connectivity index (χ2n) is 7.28. The molecule has 0 spiro atoms. The number of benzene rings is 3. The van der Waals surface area contributed by atoms with E-state index in [4.69, 9.17) is 0 Å². The van der Waals surface area contributed by atoms with Crippen molar-refractivity contribution in [2.75, 3.05) is 6.54 Å². The molecule has 0 atom stereocenters. The lowest BCUT2D eigenvalue weighted by Gasteiger charge is -2.18.